The summed E-state index contributed by atoms with van der Waals surface area (Å²) in [5.74, 6) is -1.25. The number of carbonyl (C=O) groups is 2. The maximum absolute atomic E-state index is 13.4. The van der Waals surface area contributed by atoms with Crippen LogP contribution in [0.1, 0.15) is 245 Å². The average Bonchev–Trinajstić information content (AvgIpc) is 3.39. The van der Waals surface area contributed by atoms with Gasteiger partial charge in [-0.15, -0.1) is 0 Å². The molecule has 1 amide bonds. The largest absolute Gasteiger partial charge is 0.454 e. The van der Waals surface area contributed by atoms with Gasteiger partial charge in [-0.3, -0.25) is 9.59 Å². The number of allylic oxidation sites excluding steroid dienone is 11. The molecule has 0 saturated carbocycles. The van der Waals surface area contributed by atoms with Gasteiger partial charge in [0, 0.05) is 6.42 Å². The summed E-state index contributed by atoms with van der Waals surface area (Å²) in [5, 5.41) is 56.8. The van der Waals surface area contributed by atoms with Crippen molar-refractivity contribution in [3.05, 3.63) is 72.9 Å². The standard InChI is InChI=1S/C62H109NO10/c1-4-7-10-13-16-19-22-25-26-27-28-29-30-32-35-38-41-44-47-50-57(67)73-60-59(69)58(68)56(51-64)72-62(60)71-52-53(54(65)48-45-42-39-36-33-24-21-18-15-12-9-6-3)63-61(70)55(66)49-46-43-40-37-34-31-23-20-17-14-11-8-5-2/h16,19,25-26,28-29,32,34-35,37,45,48,53-56,58-60,62,64-66,68-69H,4-15,17-18,20-24,27,30-31,33,36,38-44,46-47,49-52H2,1-3H3,(H,63,70)/b19-16-,26-25-,29-28-,35-32-,37-34-,48-45+. The number of hydrogen-bond acceptors (Lipinski definition) is 10. The van der Waals surface area contributed by atoms with Gasteiger partial charge in [0.1, 0.15) is 24.4 Å². The molecule has 11 nitrogen and oxygen atoms in total. The Hall–Kier alpha value is -2.90. The summed E-state index contributed by atoms with van der Waals surface area (Å²) in [6.45, 7) is 5.71. The lowest BCUT2D eigenvalue weighted by Crippen LogP contribution is -2.61. The van der Waals surface area contributed by atoms with Crippen molar-refractivity contribution in [2.24, 2.45) is 0 Å². The minimum atomic E-state index is -1.63. The van der Waals surface area contributed by atoms with Crippen LogP contribution in [0.4, 0.5) is 0 Å². The Labute approximate surface area is 445 Å². The Kier molecular flexibility index (Phi) is 46.6. The van der Waals surface area contributed by atoms with E-state index >= 15 is 0 Å². The SMILES string of the molecule is CCCCC/C=C\C/C=C\C/C=C\C/C=C\CCCCCC(=O)OC1C(OCC(NC(=O)C(O)CCCC/C=C\CCCCCCCCC)C(O)/C=C/CCCCCCCCCCCC)OC(CO)C(O)C1O. The molecule has 0 aromatic heterocycles. The fourth-order valence-corrected chi connectivity index (χ4v) is 8.80. The Balaban J connectivity index is 2.74. The predicted molar refractivity (Wildman–Crippen MR) is 301 cm³/mol. The Morgan fingerprint density at radius 1 is 0.534 bits per heavy atom. The van der Waals surface area contributed by atoms with E-state index in [-0.39, 0.29) is 19.4 Å². The highest BCUT2D eigenvalue weighted by Gasteiger charge is 2.47. The lowest BCUT2D eigenvalue weighted by Gasteiger charge is -2.41. The van der Waals surface area contributed by atoms with E-state index in [0.29, 0.717) is 12.8 Å². The van der Waals surface area contributed by atoms with Gasteiger partial charge in [-0.2, -0.15) is 0 Å². The molecular weight excluding hydrogens is 919 g/mol. The molecule has 11 heteroatoms. The zero-order chi connectivity index (χ0) is 53.3. The van der Waals surface area contributed by atoms with Gasteiger partial charge in [0.05, 0.1) is 25.4 Å². The van der Waals surface area contributed by atoms with E-state index in [1.807, 2.05) is 6.08 Å². The smallest absolute Gasteiger partial charge is 0.306 e. The number of rotatable bonds is 49. The minimum Gasteiger partial charge on any atom is -0.454 e. The van der Waals surface area contributed by atoms with Crippen molar-refractivity contribution in [1.82, 2.24) is 5.32 Å². The van der Waals surface area contributed by atoms with Crippen LogP contribution in [0.15, 0.2) is 72.9 Å². The van der Waals surface area contributed by atoms with E-state index in [1.165, 1.54) is 122 Å². The fraction of sp³-hybridized carbons (Fsp3) is 0.774. The first-order valence-electron chi connectivity index (χ1n) is 29.7. The fourth-order valence-electron chi connectivity index (χ4n) is 8.80. The number of esters is 1. The highest BCUT2D eigenvalue weighted by molar-refractivity contribution is 5.80. The topological polar surface area (TPSA) is 175 Å². The summed E-state index contributed by atoms with van der Waals surface area (Å²) in [6, 6.07) is -1.04. The first kappa shape index (κ1) is 68.1. The van der Waals surface area contributed by atoms with Crippen molar-refractivity contribution in [3.8, 4) is 0 Å². The number of aliphatic hydroxyl groups excluding tert-OH is 5. The maximum atomic E-state index is 13.4. The van der Waals surface area contributed by atoms with Crippen LogP contribution in [0.2, 0.25) is 0 Å². The number of ether oxygens (including phenoxy) is 3. The molecule has 1 fully saturated rings. The number of carbonyl (C=O) groups excluding carboxylic acids is 2. The number of unbranched alkanes of at least 4 members (excludes halogenated alkanes) is 25. The van der Waals surface area contributed by atoms with E-state index in [2.05, 4.69) is 86.8 Å². The molecule has 1 aliphatic rings. The van der Waals surface area contributed by atoms with Gasteiger partial charge in [-0.05, 0) is 96.3 Å². The van der Waals surface area contributed by atoms with Crippen LogP contribution in [-0.2, 0) is 23.8 Å². The van der Waals surface area contributed by atoms with E-state index in [4.69, 9.17) is 14.2 Å². The minimum absolute atomic E-state index is 0.0821. The number of nitrogens with one attached hydrogen (secondary N) is 1. The summed E-state index contributed by atoms with van der Waals surface area (Å²) in [5.41, 5.74) is 0. The molecule has 8 atom stereocenters. The second-order valence-electron chi connectivity index (χ2n) is 20.4. The van der Waals surface area contributed by atoms with Crippen LogP contribution < -0.4 is 5.32 Å². The highest BCUT2D eigenvalue weighted by Crippen LogP contribution is 2.26. The number of hydrogen-bond donors (Lipinski definition) is 6. The van der Waals surface area contributed by atoms with E-state index in [9.17, 15) is 35.1 Å². The summed E-state index contributed by atoms with van der Waals surface area (Å²) in [7, 11) is 0. The van der Waals surface area contributed by atoms with Crippen molar-refractivity contribution in [2.75, 3.05) is 13.2 Å². The second-order valence-corrected chi connectivity index (χ2v) is 20.4. The van der Waals surface area contributed by atoms with E-state index in [1.54, 1.807) is 6.08 Å². The third kappa shape index (κ3) is 38.3. The third-order valence-electron chi connectivity index (χ3n) is 13.6. The number of amides is 1. The monoisotopic (exact) mass is 1030 g/mol. The van der Waals surface area contributed by atoms with Crippen molar-refractivity contribution < 1.29 is 49.3 Å². The first-order chi connectivity index (χ1) is 35.7. The van der Waals surface area contributed by atoms with Crippen LogP contribution in [0, 0.1) is 0 Å². The molecule has 0 bridgehead atoms. The van der Waals surface area contributed by atoms with Crippen LogP contribution in [0.5, 0.6) is 0 Å². The van der Waals surface area contributed by atoms with Gasteiger partial charge < -0.3 is 45.1 Å². The average molecular weight is 1030 g/mol. The van der Waals surface area contributed by atoms with Gasteiger partial charge in [0.25, 0.3) is 0 Å². The van der Waals surface area contributed by atoms with Crippen LogP contribution in [0.25, 0.3) is 0 Å². The Morgan fingerprint density at radius 2 is 0.945 bits per heavy atom. The van der Waals surface area contributed by atoms with Crippen molar-refractivity contribution in [3.63, 3.8) is 0 Å². The summed E-state index contributed by atoms with van der Waals surface area (Å²) < 4.78 is 17.5. The molecule has 8 unspecified atom stereocenters. The molecule has 1 aliphatic heterocycles. The Morgan fingerprint density at radius 3 is 1.45 bits per heavy atom. The zero-order valence-corrected chi connectivity index (χ0v) is 46.5. The van der Waals surface area contributed by atoms with Crippen molar-refractivity contribution in [1.29, 1.82) is 0 Å². The molecule has 73 heavy (non-hydrogen) atoms. The Bertz CT molecular complexity index is 1460. The van der Waals surface area contributed by atoms with Crippen molar-refractivity contribution >= 4 is 11.9 Å². The van der Waals surface area contributed by atoms with Gasteiger partial charge in [-0.25, -0.2) is 0 Å². The molecule has 0 aromatic rings. The van der Waals surface area contributed by atoms with Crippen molar-refractivity contribution in [2.45, 2.75) is 294 Å². The molecule has 1 rings (SSSR count). The van der Waals surface area contributed by atoms with Gasteiger partial charge >= 0.3 is 5.97 Å². The lowest BCUT2D eigenvalue weighted by molar-refractivity contribution is -0.305. The number of aliphatic hydroxyl groups is 5. The predicted octanol–water partition coefficient (Wildman–Crippen LogP) is 13.6. The lowest BCUT2D eigenvalue weighted by atomic mass is 9.99. The molecule has 0 spiro atoms. The quantitative estimate of drug-likeness (QED) is 0.0195. The van der Waals surface area contributed by atoms with Crippen LogP contribution in [0.3, 0.4) is 0 Å². The van der Waals surface area contributed by atoms with E-state index in [0.717, 1.165) is 77.0 Å². The molecule has 0 radical (unpaired) electrons. The molecule has 422 valence electrons. The van der Waals surface area contributed by atoms with Gasteiger partial charge in [0.2, 0.25) is 5.91 Å². The van der Waals surface area contributed by atoms with Gasteiger partial charge in [0.15, 0.2) is 12.4 Å². The first-order valence-corrected chi connectivity index (χ1v) is 29.7. The maximum Gasteiger partial charge on any atom is 0.306 e. The third-order valence-corrected chi connectivity index (χ3v) is 13.6. The summed E-state index contributed by atoms with van der Waals surface area (Å²) in [6.07, 6.45) is 52.3. The molecular formula is C62H109NO10. The van der Waals surface area contributed by atoms with E-state index < -0.39 is 67.4 Å². The molecule has 6 N–H and O–H groups in total. The molecule has 0 aliphatic carbocycles. The van der Waals surface area contributed by atoms with Crippen LogP contribution >= 0.6 is 0 Å². The molecule has 1 saturated heterocycles. The zero-order valence-electron chi connectivity index (χ0n) is 46.5. The second kappa shape index (κ2) is 49.9. The summed E-state index contributed by atoms with van der Waals surface area (Å²) in [4.78, 5) is 26.5. The highest BCUT2D eigenvalue weighted by atomic mass is 16.7. The molecule has 1 heterocycles. The van der Waals surface area contributed by atoms with Gasteiger partial charge in [-0.1, -0.05) is 216 Å². The summed E-state index contributed by atoms with van der Waals surface area (Å²) >= 11 is 0. The van der Waals surface area contributed by atoms with Crippen LogP contribution in [-0.4, -0.2) is 99.6 Å². The normalized spacial score (nSPS) is 19.9. The molecule has 0 aromatic carbocycles.